The first-order valence-electron chi connectivity index (χ1n) is 6.34. The Kier molecular flexibility index (Phi) is 4.41. The van der Waals surface area contributed by atoms with Crippen LogP contribution in [0.25, 0.3) is 11.5 Å². The molecule has 0 spiro atoms. The van der Waals surface area contributed by atoms with Crippen LogP contribution < -0.4 is 5.32 Å². The fraction of sp³-hybridized carbons (Fsp3) is 0.385. The number of nitro groups is 1. The second kappa shape index (κ2) is 6.25. The highest BCUT2D eigenvalue weighted by molar-refractivity contribution is 5.58. The molecule has 106 valence electrons. The maximum Gasteiger partial charge on any atom is 0.272 e. The second-order valence-electron chi connectivity index (χ2n) is 4.47. The number of rotatable bonds is 6. The van der Waals surface area contributed by atoms with E-state index in [9.17, 15) is 10.1 Å². The summed E-state index contributed by atoms with van der Waals surface area (Å²) in [7, 11) is 1.89. The summed E-state index contributed by atoms with van der Waals surface area (Å²) in [5.74, 6) is 0.966. The lowest BCUT2D eigenvalue weighted by Gasteiger charge is -1.99. The molecule has 0 bridgehead atoms. The van der Waals surface area contributed by atoms with E-state index in [4.69, 9.17) is 4.42 Å². The minimum atomic E-state index is -0.407. The summed E-state index contributed by atoms with van der Waals surface area (Å²) in [5, 5.41) is 21.8. The monoisotopic (exact) mass is 276 g/mol. The predicted octanol–water partition coefficient (Wildman–Crippen LogP) is 2.11. The Hall–Kier alpha value is -2.28. The molecule has 1 aromatic heterocycles. The number of hydrogen-bond acceptors (Lipinski definition) is 6. The first kappa shape index (κ1) is 14.1. The van der Waals surface area contributed by atoms with Gasteiger partial charge in [-0.25, -0.2) is 0 Å². The Morgan fingerprint density at radius 2 is 2.20 bits per heavy atom. The molecule has 20 heavy (non-hydrogen) atoms. The van der Waals surface area contributed by atoms with Crippen molar-refractivity contribution in [1.82, 2.24) is 15.5 Å². The number of aromatic nitrogens is 2. The molecule has 0 aliphatic rings. The minimum Gasteiger partial charge on any atom is -0.421 e. The summed E-state index contributed by atoms with van der Waals surface area (Å²) >= 11 is 0. The Balaban J connectivity index is 2.15. The molecule has 2 rings (SSSR count). The fourth-order valence-corrected chi connectivity index (χ4v) is 1.88. The third-order valence-corrected chi connectivity index (χ3v) is 2.92. The van der Waals surface area contributed by atoms with Gasteiger partial charge in [0.05, 0.1) is 4.92 Å². The topological polar surface area (TPSA) is 94.1 Å². The largest absolute Gasteiger partial charge is 0.421 e. The van der Waals surface area contributed by atoms with Crippen LogP contribution in [0.3, 0.4) is 0 Å². The van der Waals surface area contributed by atoms with Gasteiger partial charge in [0.25, 0.3) is 5.69 Å². The molecule has 0 amide bonds. The SMILES string of the molecule is CNCCCc1nnc(-c2ccc([N+](=O)[O-])c(C)c2)o1. The van der Waals surface area contributed by atoms with Crippen LogP contribution in [0, 0.1) is 17.0 Å². The van der Waals surface area contributed by atoms with Gasteiger partial charge >= 0.3 is 0 Å². The van der Waals surface area contributed by atoms with E-state index in [1.165, 1.54) is 6.07 Å². The molecule has 0 atom stereocenters. The van der Waals surface area contributed by atoms with Crippen LogP contribution in [0.4, 0.5) is 5.69 Å². The van der Waals surface area contributed by atoms with Crippen molar-refractivity contribution >= 4 is 5.69 Å². The Morgan fingerprint density at radius 1 is 1.40 bits per heavy atom. The number of benzene rings is 1. The van der Waals surface area contributed by atoms with E-state index in [1.54, 1.807) is 19.1 Å². The highest BCUT2D eigenvalue weighted by Crippen LogP contribution is 2.25. The van der Waals surface area contributed by atoms with Gasteiger partial charge in [0, 0.05) is 23.6 Å². The maximum atomic E-state index is 10.8. The molecule has 2 aromatic rings. The fourth-order valence-electron chi connectivity index (χ4n) is 1.88. The molecule has 1 N–H and O–H groups in total. The standard InChI is InChI=1S/C13H16N4O3/c1-9-8-10(5-6-11(9)17(18)19)13-16-15-12(20-13)4-3-7-14-2/h5-6,8,14H,3-4,7H2,1-2H3. The molecule has 1 aromatic carbocycles. The molecular weight excluding hydrogens is 260 g/mol. The van der Waals surface area contributed by atoms with Crippen molar-refractivity contribution < 1.29 is 9.34 Å². The molecule has 1 heterocycles. The molecule has 0 saturated carbocycles. The summed E-state index contributed by atoms with van der Waals surface area (Å²) < 4.78 is 5.55. The lowest BCUT2D eigenvalue weighted by Crippen LogP contribution is -2.08. The van der Waals surface area contributed by atoms with E-state index in [2.05, 4.69) is 15.5 Å². The van der Waals surface area contributed by atoms with Crippen LogP contribution in [-0.2, 0) is 6.42 Å². The quantitative estimate of drug-likeness (QED) is 0.493. The number of aryl methyl sites for hydroxylation is 2. The molecule has 0 aliphatic heterocycles. The molecule has 7 heteroatoms. The maximum absolute atomic E-state index is 10.8. The number of nitrogens with one attached hydrogen (secondary N) is 1. The Bertz CT molecular complexity index is 609. The normalized spacial score (nSPS) is 10.7. The van der Waals surface area contributed by atoms with E-state index in [1.807, 2.05) is 7.05 Å². The predicted molar refractivity (Wildman–Crippen MR) is 73.4 cm³/mol. The third-order valence-electron chi connectivity index (χ3n) is 2.92. The van der Waals surface area contributed by atoms with Crippen LogP contribution in [0.1, 0.15) is 17.9 Å². The van der Waals surface area contributed by atoms with Crippen LogP contribution in [-0.4, -0.2) is 28.7 Å². The van der Waals surface area contributed by atoms with Crippen molar-refractivity contribution in [3.63, 3.8) is 0 Å². The van der Waals surface area contributed by atoms with E-state index in [-0.39, 0.29) is 5.69 Å². The molecule has 0 fully saturated rings. The van der Waals surface area contributed by atoms with Crippen molar-refractivity contribution in [3.05, 3.63) is 39.8 Å². The lowest BCUT2D eigenvalue weighted by atomic mass is 10.1. The van der Waals surface area contributed by atoms with Gasteiger partial charge in [-0.15, -0.1) is 10.2 Å². The molecular formula is C13H16N4O3. The Morgan fingerprint density at radius 3 is 2.85 bits per heavy atom. The number of hydrogen-bond donors (Lipinski definition) is 1. The second-order valence-corrected chi connectivity index (χ2v) is 4.47. The zero-order chi connectivity index (χ0) is 14.5. The van der Waals surface area contributed by atoms with Crippen molar-refractivity contribution in [2.45, 2.75) is 19.8 Å². The van der Waals surface area contributed by atoms with E-state index < -0.39 is 4.92 Å². The lowest BCUT2D eigenvalue weighted by molar-refractivity contribution is -0.385. The Labute approximate surface area is 116 Å². The van der Waals surface area contributed by atoms with Crippen LogP contribution in [0.5, 0.6) is 0 Å². The summed E-state index contributed by atoms with van der Waals surface area (Å²) in [6.45, 7) is 2.57. The van der Waals surface area contributed by atoms with E-state index in [0.29, 0.717) is 29.3 Å². The first-order chi connectivity index (χ1) is 9.61. The van der Waals surface area contributed by atoms with Crippen molar-refractivity contribution in [2.24, 2.45) is 0 Å². The van der Waals surface area contributed by atoms with Crippen molar-refractivity contribution in [3.8, 4) is 11.5 Å². The van der Waals surface area contributed by atoms with Crippen LogP contribution >= 0.6 is 0 Å². The van der Waals surface area contributed by atoms with Crippen LogP contribution in [0.2, 0.25) is 0 Å². The molecule has 0 radical (unpaired) electrons. The highest BCUT2D eigenvalue weighted by atomic mass is 16.6. The molecule has 7 nitrogen and oxygen atoms in total. The van der Waals surface area contributed by atoms with Crippen LogP contribution in [0.15, 0.2) is 22.6 Å². The zero-order valence-electron chi connectivity index (χ0n) is 11.4. The third kappa shape index (κ3) is 3.18. The molecule has 0 aliphatic carbocycles. The van der Waals surface area contributed by atoms with Crippen molar-refractivity contribution in [1.29, 1.82) is 0 Å². The average Bonchev–Trinajstić information content (AvgIpc) is 2.87. The summed E-state index contributed by atoms with van der Waals surface area (Å²) in [6, 6.07) is 4.76. The van der Waals surface area contributed by atoms with Gasteiger partial charge in [0.15, 0.2) is 0 Å². The van der Waals surface area contributed by atoms with Gasteiger partial charge in [-0.2, -0.15) is 0 Å². The highest BCUT2D eigenvalue weighted by Gasteiger charge is 2.14. The van der Waals surface area contributed by atoms with Gasteiger partial charge in [-0.05, 0) is 39.1 Å². The van der Waals surface area contributed by atoms with Gasteiger partial charge in [-0.3, -0.25) is 10.1 Å². The average molecular weight is 276 g/mol. The zero-order valence-corrected chi connectivity index (χ0v) is 11.4. The van der Waals surface area contributed by atoms with Gasteiger partial charge in [0.2, 0.25) is 11.8 Å². The number of nitrogens with zero attached hydrogens (tertiary/aromatic N) is 3. The summed E-state index contributed by atoms with van der Waals surface area (Å²) in [4.78, 5) is 10.4. The number of nitro benzene ring substituents is 1. The smallest absolute Gasteiger partial charge is 0.272 e. The summed E-state index contributed by atoms with van der Waals surface area (Å²) in [6.07, 6.45) is 1.62. The van der Waals surface area contributed by atoms with E-state index >= 15 is 0 Å². The first-order valence-corrected chi connectivity index (χ1v) is 6.34. The minimum absolute atomic E-state index is 0.0857. The van der Waals surface area contributed by atoms with E-state index in [0.717, 1.165) is 13.0 Å². The van der Waals surface area contributed by atoms with Crippen molar-refractivity contribution in [2.75, 3.05) is 13.6 Å². The molecule has 0 unspecified atom stereocenters. The van der Waals surface area contributed by atoms with Gasteiger partial charge in [-0.1, -0.05) is 0 Å². The van der Waals surface area contributed by atoms with Gasteiger partial charge in [0.1, 0.15) is 0 Å². The molecule has 0 saturated heterocycles. The summed E-state index contributed by atoms with van der Waals surface area (Å²) in [5.41, 5.74) is 1.35. The van der Waals surface area contributed by atoms with Gasteiger partial charge < -0.3 is 9.73 Å².